The van der Waals surface area contributed by atoms with Gasteiger partial charge in [0.1, 0.15) is 0 Å². The molecule has 3 aromatic carbocycles. The number of β-amino-alcohol motifs (C(OH)–C–C–N with tert-alkyl or cyclic N) is 1. The molecule has 0 bridgehead atoms. The van der Waals surface area contributed by atoms with Crippen LogP contribution in [0.2, 0.25) is 0 Å². The van der Waals surface area contributed by atoms with Gasteiger partial charge in [0, 0.05) is 19.6 Å². The molecule has 158 valence electrons. The Morgan fingerprint density at radius 2 is 1.60 bits per heavy atom. The quantitative estimate of drug-likeness (QED) is 0.629. The normalized spacial score (nSPS) is 16.4. The van der Waals surface area contributed by atoms with Crippen molar-refractivity contribution in [2.24, 2.45) is 0 Å². The molecule has 4 rings (SSSR count). The second kappa shape index (κ2) is 9.14. The zero-order valence-corrected chi connectivity index (χ0v) is 17.5. The highest BCUT2D eigenvalue weighted by Crippen LogP contribution is 2.26. The Kier molecular flexibility index (Phi) is 6.34. The first kappa shape index (κ1) is 20.8. The minimum absolute atomic E-state index is 0.0173. The smallest absolute Gasteiger partial charge is 0.264 e. The molecule has 3 aromatic rings. The van der Waals surface area contributed by atoms with E-state index in [0.717, 1.165) is 23.9 Å². The Labute approximate surface area is 177 Å². The number of ether oxygens (including phenoxy) is 1. The molecular weight excluding hydrogens is 400 g/mol. The van der Waals surface area contributed by atoms with Gasteiger partial charge < -0.3 is 9.84 Å². The summed E-state index contributed by atoms with van der Waals surface area (Å²) in [6.07, 6.45) is -0.821. The van der Waals surface area contributed by atoms with Crippen molar-refractivity contribution < 1.29 is 18.3 Å². The van der Waals surface area contributed by atoms with Crippen molar-refractivity contribution in [3.05, 3.63) is 72.8 Å². The lowest BCUT2D eigenvalue weighted by Gasteiger charge is -2.31. The standard InChI is InChI=1S/C23H26N2O4S/c26-22(17-24-12-14-29-15-13-24)18-25(21-8-2-1-3-9-21)30(27,28)23-11-10-19-6-4-5-7-20(19)16-23/h1-11,16,22,26H,12-15,17-18H2/t22-/m0/s1. The summed E-state index contributed by atoms with van der Waals surface area (Å²) in [5.41, 5.74) is 0.534. The van der Waals surface area contributed by atoms with Gasteiger partial charge in [-0.2, -0.15) is 0 Å². The Hall–Kier alpha value is -2.45. The first-order valence-corrected chi connectivity index (χ1v) is 11.5. The molecule has 0 amide bonds. The zero-order valence-electron chi connectivity index (χ0n) is 16.7. The highest BCUT2D eigenvalue weighted by atomic mass is 32.2. The first-order valence-electron chi connectivity index (χ1n) is 10.1. The van der Waals surface area contributed by atoms with Crippen molar-refractivity contribution in [3.8, 4) is 0 Å². The molecule has 1 fully saturated rings. The van der Waals surface area contributed by atoms with E-state index in [1.165, 1.54) is 4.31 Å². The lowest BCUT2D eigenvalue weighted by molar-refractivity contribution is 0.0166. The average molecular weight is 427 g/mol. The summed E-state index contributed by atoms with van der Waals surface area (Å²) in [7, 11) is -3.85. The van der Waals surface area contributed by atoms with Crippen LogP contribution in [0.15, 0.2) is 77.7 Å². The van der Waals surface area contributed by atoms with Crippen LogP contribution in [0.3, 0.4) is 0 Å². The topological polar surface area (TPSA) is 70.1 Å². The number of hydrogen-bond acceptors (Lipinski definition) is 5. The van der Waals surface area contributed by atoms with Crippen LogP contribution in [-0.2, 0) is 14.8 Å². The molecule has 0 saturated carbocycles. The fraction of sp³-hybridized carbons (Fsp3) is 0.304. The summed E-state index contributed by atoms with van der Waals surface area (Å²) in [6.45, 7) is 3.12. The van der Waals surface area contributed by atoms with Crippen molar-refractivity contribution in [2.45, 2.75) is 11.0 Å². The lowest BCUT2D eigenvalue weighted by Crippen LogP contribution is -2.46. The largest absolute Gasteiger partial charge is 0.390 e. The number of anilines is 1. The molecule has 7 heteroatoms. The van der Waals surface area contributed by atoms with E-state index < -0.39 is 16.1 Å². The number of benzene rings is 3. The predicted molar refractivity (Wildman–Crippen MR) is 118 cm³/mol. The van der Waals surface area contributed by atoms with Crippen LogP contribution in [0.25, 0.3) is 10.8 Å². The average Bonchev–Trinajstić information content (AvgIpc) is 2.78. The molecule has 1 aliphatic rings. The maximum atomic E-state index is 13.6. The van der Waals surface area contributed by atoms with Crippen molar-refractivity contribution in [3.63, 3.8) is 0 Å². The molecule has 0 unspecified atom stereocenters. The van der Waals surface area contributed by atoms with Gasteiger partial charge in [0.25, 0.3) is 10.0 Å². The summed E-state index contributed by atoms with van der Waals surface area (Å²) in [6, 6.07) is 21.7. The molecule has 1 heterocycles. The van der Waals surface area contributed by atoms with Gasteiger partial charge in [-0.15, -0.1) is 0 Å². The number of morpholine rings is 1. The van der Waals surface area contributed by atoms with Gasteiger partial charge >= 0.3 is 0 Å². The molecular formula is C23H26N2O4S. The van der Waals surface area contributed by atoms with Gasteiger partial charge in [-0.3, -0.25) is 9.21 Å². The van der Waals surface area contributed by atoms with E-state index in [1.54, 1.807) is 36.4 Å². The monoisotopic (exact) mass is 426 g/mol. The minimum Gasteiger partial charge on any atom is -0.390 e. The number of fused-ring (bicyclic) bond motifs is 1. The van der Waals surface area contributed by atoms with E-state index in [2.05, 4.69) is 4.90 Å². The van der Waals surface area contributed by atoms with E-state index in [-0.39, 0.29) is 11.4 Å². The van der Waals surface area contributed by atoms with Gasteiger partial charge in [-0.1, -0.05) is 48.5 Å². The third-order valence-corrected chi connectivity index (χ3v) is 7.09. The van der Waals surface area contributed by atoms with Crippen molar-refractivity contribution in [1.29, 1.82) is 0 Å². The van der Waals surface area contributed by atoms with Crippen molar-refractivity contribution >= 4 is 26.5 Å². The molecule has 30 heavy (non-hydrogen) atoms. The van der Waals surface area contributed by atoms with Crippen molar-refractivity contribution in [2.75, 3.05) is 43.7 Å². The summed E-state index contributed by atoms with van der Waals surface area (Å²) in [5, 5.41) is 12.6. The summed E-state index contributed by atoms with van der Waals surface area (Å²) < 4.78 is 33.8. The van der Waals surface area contributed by atoms with Gasteiger partial charge in [0.2, 0.25) is 0 Å². The van der Waals surface area contributed by atoms with Crippen molar-refractivity contribution in [1.82, 2.24) is 4.90 Å². The van der Waals surface area contributed by atoms with Gasteiger partial charge in [-0.05, 0) is 35.0 Å². The van der Waals surface area contributed by atoms with E-state index in [4.69, 9.17) is 4.74 Å². The molecule has 0 spiro atoms. The molecule has 6 nitrogen and oxygen atoms in total. The number of sulfonamides is 1. The van der Waals surface area contributed by atoms with Crippen LogP contribution in [0.1, 0.15) is 0 Å². The predicted octanol–water partition coefficient (Wildman–Crippen LogP) is 2.73. The van der Waals surface area contributed by atoms with Crippen LogP contribution < -0.4 is 4.31 Å². The third-order valence-electron chi connectivity index (χ3n) is 5.30. The Bertz CT molecular complexity index is 1080. The molecule has 1 N–H and O–H groups in total. The fourth-order valence-electron chi connectivity index (χ4n) is 3.72. The number of para-hydroxylation sites is 1. The third kappa shape index (κ3) is 4.65. The maximum Gasteiger partial charge on any atom is 0.264 e. The molecule has 1 aliphatic heterocycles. The fourth-order valence-corrected chi connectivity index (χ4v) is 5.26. The Balaban J connectivity index is 1.64. The number of aliphatic hydroxyl groups is 1. The van der Waals surface area contributed by atoms with Crippen LogP contribution in [0, 0.1) is 0 Å². The maximum absolute atomic E-state index is 13.6. The van der Waals surface area contributed by atoms with E-state index >= 15 is 0 Å². The van der Waals surface area contributed by atoms with Gasteiger partial charge in [-0.25, -0.2) is 8.42 Å². The number of hydrogen-bond donors (Lipinski definition) is 1. The number of rotatable bonds is 7. The summed E-state index contributed by atoms with van der Waals surface area (Å²) in [4.78, 5) is 2.31. The van der Waals surface area contributed by atoms with E-state index in [9.17, 15) is 13.5 Å². The Morgan fingerprint density at radius 1 is 0.933 bits per heavy atom. The summed E-state index contributed by atoms with van der Waals surface area (Å²) >= 11 is 0. The Morgan fingerprint density at radius 3 is 2.33 bits per heavy atom. The lowest BCUT2D eigenvalue weighted by atomic mass is 10.1. The zero-order chi connectivity index (χ0) is 21.0. The first-order chi connectivity index (χ1) is 14.5. The highest BCUT2D eigenvalue weighted by Gasteiger charge is 2.28. The second-order valence-electron chi connectivity index (χ2n) is 7.45. The number of aliphatic hydroxyl groups excluding tert-OH is 1. The molecule has 1 atom stereocenters. The summed E-state index contributed by atoms with van der Waals surface area (Å²) in [5.74, 6) is 0. The van der Waals surface area contributed by atoms with E-state index in [0.29, 0.717) is 25.4 Å². The molecule has 0 aromatic heterocycles. The minimum atomic E-state index is -3.85. The molecule has 1 saturated heterocycles. The van der Waals surface area contributed by atoms with Crippen LogP contribution >= 0.6 is 0 Å². The molecule has 0 aliphatic carbocycles. The SMILES string of the molecule is O=S(=O)(c1ccc2ccccc2c1)N(C[C@@H](O)CN1CCOCC1)c1ccccc1. The van der Waals surface area contributed by atoms with Gasteiger partial charge in [0.15, 0.2) is 0 Å². The number of nitrogens with zero attached hydrogens (tertiary/aromatic N) is 2. The second-order valence-corrected chi connectivity index (χ2v) is 9.31. The van der Waals surface area contributed by atoms with Crippen LogP contribution in [0.4, 0.5) is 5.69 Å². The van der Waals surface area contributed by atoms with Gasteiger partial charge in [0.05, 0.1) is 36.4 Å². The van der Waals surface area contributed by atoms with Crippen LogP contribution in [-0.4, -0.2) is 63.9 Å². The molecule has 0 radical (unpaired) electrons. The van der Waals surface area contributed by atoms with E-state index in [1.807, 2.05) is 36.4 Å². The highest BCUT2D eigenvalue weighted by molar-refractivity contribution is 7.92. The van der Waals surface area contributed by atoms with Crippen LogP contribution in [0.5, 0.6) is 0 Å².